The van der Waals surface area contributed by atoms with Gasteiger partial charge in [-0.15, -0.1) is 0 Å². The van der Waals surface area contributed by atoms with Crippen LogP contribution in [0.1, 0.15) is 63.6 Å². The lowest BCUT2D eigenvalue weighted by molar-refractivity contribution is 0.170. The van der Waals surface area contributed by atoms with E-state index < -0.39 is 0 Å². The summed E-state index contributed by atoms with van der Waals surface area (Å²) in [7, 11) is 0. The second-order valence-corrected chi connectivity index (χ2v) is 7.58. The van der Waals surface area contributed by atoms with Gasteiger partial charge in [-0.1, -0.05) is 66.7 Å². The Bertz CT molecular complexity index is 662. The number of hydrogen-bond donors (Lipinski definition) is 0. The van der Waals surface area contributed by atoms with Crippen LogP contribution in [-0.2, 0) is 0 Å². The first-order valence-electron chi connectivity index (χ1n) is 9.46. The lowest BCUT2D eigenvalue weighted by Gasteiger charge is -2.32. The van der Waals surface area contributed by atoms with Crippen LogP contribution in [0.5, 0.6) is 0 Å². The molecule has 25 heavy (non-hydrogen) atoms. The van der Waals surface area contributed by atoms with Crippen molar-refractivity contribution in [2.24, 2.45) is 0 Å². The summed E-state index contributed by atoms with van der Waals surface area (Å²) in [5, 5.41) is 0. The zero-order valence-electron chi connectivity index (χ0n) is 16.5. The number of hydrogen-bond acceptors (Lipinski definition) is 1. The van der Waals surface area contributed by atoms with Crippen LogP contribution in [0.15, 0.2) is 61.2 Å². The van der Waals surface area contributed by atoms with E-state index in [9.17, 15) is 0 Å². The Morgan fingerprint density at radius 2 is 1.48 bits per heavy atom. The number of allylic oxidation sites excluding steroid dienone is 1. The number of rotatable bonds is 8. The van der Waals surface area contributed by atoms with Gasteiger partial charge in [0.15, 0.2) is 0 Å². The molecule has 0 spiro atoms. The quantitative estimate of drug-likeness (QED) is 0.542. The molecular formula is C24H33N. The summed E-state index contributed by atoms with van der Waals surface area (Å²) in [6, 6.07) is 20.9. The van der Waals surface area contributed by atoms with Gasteiger partial charge in [0.1, 0.15) is 0 Å². The summed E-state index contributed by atoms with van der Waals surface area (Å²) >= 11 is 0. The summed E-state index contributed by atoms with van der Waals surface area (Å²) in [6.45, 7) is 16.5. The van der Waals surface area contributed by atoms with E-state index in [2.05, 4.69) is 101 Å². The monoisotopic (exact) mass is 335 g/mol. The molecule has 0 saturated carbocycles. The summed E-state index contributed by atoms with van der Waals surface area (Å²) in [5.41, 5.74) is 5.15. The van der Waals surface area contributed by atoms with Gasteiger partial charge in [-0.2, -0.15) is 0 Å². The van der Waals surface area contributed by atoms with Crippen LogP contribution in [0, 0.1) is 0 Å². The second-order valence-electron chi connectivity index (χ2n) is 7.58. The molecule has 0 heterocycles. The van der Waals surface area contributed by atoms with Crippen molar-refractivity contribution in [3.05, 3.63) is 77.9 Å². The maximum absolute atomic E-state index is 4.11. The molecular weight excluding hydrogens is 302 g/mol. The van der Waals surface area contributed by atoms with Crippen molar-refractivity contribution in [1.29, 1.82) is 0 Å². The zero-order chi connectivity index (χ0) is 18.4. The van der Waals surface area contributed by atoms with E-state index in [1.807, 2.05) is 0 Å². The van der Waals surface area contributed by atoms with Gasteiger partial charge in [0, 0.05) is 18.0 Å². The van der Waals surface area contributed by atoms with Gasteiger partial charge in [-0.25, -0.2) is 0 Å². The Morgan fingerprint density at radius 3 is 2.04 bits per heavy atom. The fourth-order valence-corrected chi connectivity index (χ4v) is 3.62. The Kier molecular flexibility index (Phi) is 7.01. The van der Waals surface area contributed by atoms with Crippen LogP contribution < -0.4 is 0 Å². The third-order valence-corrected chi connectivity index (χ3v) is 4.99. The lowest BCUT2D eigenvalue weighted by atomic mass is 9.87. The topological polar surface area (TPSA) is 3.24 Å². The highest BCUT2D eigenvalue weighted by Gasteiger charge is 2.19. The predicted octanol–water partition coefficient (Wildman–Crippen LogP) is 6.36. The first-order valence-corrected chi connectivity index (χ1v) is 9.46. The number of benzene rings is 2. The van der Waals surface area contributed by atoms with Gasteiger partial charge >= 0.3 is 0 Å². The molecule has 2 rings (SSSR count). The molecule has 0 aromatic heterocycles. The predicted molar refractivity (Wildman–Crippen MR) is 111 cm³/mol. The van der Waals surface area contributed by atoms with E-state index in [1.165, 1.54) is 16.7 Å². The molecule has 0 N–H and O–H groups in total. The van der Waals surface area contributed by atoms with Crippen molar-refractivity contribution < 1.29 is 0 Å². The van der Waals surface area contributed by atoms with E-state index in [0.717, 1.165) is 18.5 Å². The van der Waals surface area contributed by atoms with E-state index >= 15 is 0 Å². The maximum Gasteiger partial charge on any atom is 0.0102 e. The Balaban J connectivity index is 2.31. The average Bonchev–Trinajstić information content (AvgIpc) is 2.59. The molecule has 1 unspecified atom stereocenters. The van der Waals surface area contributed by atoms with Gasteiger partial charge in [0.05, 0.1) is 0 Å². The third-order valence-electron chi connectivity index (χ3n) is 4.99. The molecule has 0 bridgehead atoms. The maximum atomic E-state index is 4.11. The van der Waals surface area contributed by atoms with Crippen LogP contribution in [0.2, 0.25) is 0 Å². The highest BCUT2D eigenvalue weighted by atomic mass is 15.2. The molecule has 0 aliphatic heterocycles. The minimum atomic E-state index is 0.417. The van der Waals surface area contributed by atoms with Crippen LogP contribution in [-0.4, -0.2) is 23.5 Å². The average molecular weight is 336 g/mol. The second kappa shape index (κ2) is 9.01. The highest BCUT2D eigenvalue weighted by molar-refractivity contribution is 5.62. The Hall–Kier alpha value is -1.86. The van der Waals surface area contributed by atoms with Crippen molar-refractivity contribution in [3.63, 3.8) is 0 Å². The largest absolute Gasteiger partial charge is 0.299 e. The first-order chi connectivity index (χ1) is 11.9. The first kappa shape index (κ1) is 19.5. The minimum absolute atomic E-state index is 0.417. The zero-order valence-corrected chi connectivity index (χ0v) is 16.5. The van der Waals surface area contributed by atoms with Crippen LogP contribution in [0.3, 0.4) is 0 Å². The summed E-state index contributed by atoms with van der Waals surface area (Å²) in [6.07, 6.45) is 1.13. The molecule has 134 valence electrons. The summed E-state index contributed by atoms with van der Waals surface area (Å²) in [4.78, 5) is 2.58. The molecule has 0 amide bonds. The van der Waals surface area contributed by atoms with Crippen molar-refractivity contribution in [2.45, 2.75) is 59.0 Å². The van der Waals surface area contributed by atoms with Gasteiger partial charge in [-0.05, 0) is 64.3 Å². The molecule has 1 heteroatoms. The third kappa shape index (κ3) is 5.31. The normalized spacial score (nSPS) is 12.8. The molecule has 2 aromatic carbocycles. The van der Waals surface area contributed by atoms with E-state index in [1.54, 1.807) is 0 Å². The molecule has 0 aliphatic rings. The fraction of sp³-hybridized carbons (Fsp3) is 0.417. The standard InChI is InChI=1S/C24H33N/c1-18(2)22-13-10-14-23(17-22)24(21-11-8-7-9-12-21)15-16-25(19(3)4)20(5)6/h7-14,17,19-20,24H,1,15-16H2,2-6H3. The molecule has 1 atom stereocenters. The highest BCUT2D eigenvalue weighted by Crippen LogP contribution is 2.30. The SMILES string of the molecule is C=C(C)c1cccc(C(CCN(C(C)C)C(C)C)c2ccccc2)c1. The van der Waals surface area contributed by atoms with Crippen molar-refractivity contribution in [3.8, 4) is 0 Å². The van der Waals surface area contributed by atoms with Gasteiger partial charge < -0.3 is 0 Å². The molecule has 2 aromatic rings. The Morgan fingerprint density at radius 1 is 0.880 bits per heavy atom. The van der Waals surface area contributed by atoms with Crippen LogP contribution in [0.4, 0.5) is 0 Å². The van der Waals surface area contributed by atoms with E-state index in [4.69, 9.17) is 0 Å². The minimum Gasteiger partial charge on any atom is -0.299 e. The summed E-state index contributed by atoms with van der Waals surface area (Å²) < 4.78 is 0. The van der Waals surface area contributed by atoms with Crippen molar-refractivity contribution >= 4 is 5.57 Å². The Labute approximate surface area is 154 Å². The van der Waals surface area contributed by atoms with E-state index in [0.29, 0.717) is 18.0 Å². The fourth-order valence-electron chi connectivity index (χ4n) is 3.62. The molecule has 1 nitrogen and oxygen atoms in total. The lowest BCUT2D eigenvalue weighted by Crippen LogP contribution is -2.38. The van der Waals surface area contributed by atoms with E-state index in [-0.39, 0.29) is 0 Å². The smallest absolute Gasteiger partial charge is 0.0102 e. The molecule has 0 aliphatic carbocycles. The van der Waals surface area contributed by atoms with Gasteiger partial charge in [-0.3, -0.25) is 4.90 Å². The molecule has 0 saturated heterocycles. The van der Waals surface area contributed by atoms with Gasteiger partial charge in [0.2, 0.25) is 0 Å². The van der Waals surface area contributed by atoms with Crippen LogP contribution >= 0.6 is 0 Å². The van der Waals surface area contributed by atoms with Gasteiger partial charge in [0.25, 0.3) is 0 Å². The number of nitrogens with zero attached hydrogens (tertiary/aromatic N) is 1. The van der Waals surface area contributed by atoms with Crippen molar-refractivity contribution in [2.75, 3.05) is 6.54 Å². The van der Waals surface area contributed by atoms with Crippen molar-refractivity contribution in [1.82, 2.24) is 4.90 Å². The molecule has 0 radical (unpaired) electrons. The summed E-state index contributed by atoms with van der Waals surface area (Å²) in [5.74, 6) is 0.417. The molecule has 0 fully saturated rings. The van der Waals surface area contributed by atoms with Crippen LogP contribution in [0.25, 0.3) is 5.57 Å².